The molecule has 0 radical (unpaired) electrons. The van der Waals surface area contributed by atoms with Crippen molar-refractivity contribution >= 4 is 22.7 Å². The van der Waals surface area contributed by atoms with Gasteiger partial charge in [0.05, 0.1) is 16.6 Å². The number of fused-ring (bicyclic) bond motifs is 1. The van der Waals surface area contributed by atoms with Gasteiger partial charge in [0.25, 0.3) is 5.56 Å². The fourth-order valence-corrected chi connectivity index (χ4v) is 3.03. The van der Waals surface area contributed by atoms with Crippen LogP contribution in [0.25, 0.3) is 16.6 Å². The van der Waals surface area contributed by atoms with Crippen LogP contribution in [-0.2, 0) is 0 Å². The number of hydrogen-bond donors (Lipinski definition) is 0. The lowest BCUT2D eigenvalue weighted by molar-refractivity contribution is 0.886. The summed E-state index contributed by atoms with van der Waals surface area (Å²) in [5, 5.41) is 0.649. The number of aromatic nitrogens is 2. The van der Waals surface area contributed by atoms with Gasteiger partial charge >= 0.3 is 0 Å². The summed E-state index contributed by atoms with van der Waals surface area (Å²) in [5.41, 5.74) is 2.70. The SMILES string of the molecule is CSc1ccc(-n2c(C)nc3ccccc3c2=O)c(C)c1. The average Bonchev–Trinajstić information content (AvgIpc) is 2.48. The summed E-state index contributed by atoms with van der Waals surface area (Å²) < 4.78 is 1.70. The molecule has 0 bridgehead atoms. The number of hydrogen-bond acceptors (Lipinski definition) is 3. The minimum absolute atomic E-state index is 0.0156. The van der Waals surface area contributed by atoms with E-state index in [1.54, 1.807) is 16.3 Å². The Morgan fingerprint density at radius 3 is 2.57 bits per heavy atom. The third-order valence-electron chi connectivity index (χ3n) is 3.59. The molecule has 2 aromatic carbocycles. The van der Waals surface area contributed by atoms with Crippen LogP contribution in [0.3, 0.4) is 0 Å². The van der Waals surface area contributed by atoms with E-state index in [1.165, 1.54) is 4.90 Å². The Kier molecular flexibility index (Phi) is 3.55. The van der Waals surface area contributed by atoms with Crippen LogP contribution in [0.4, 0.5) is 0 Å². The molecule has 0 unspecified atom stereocenters. The molecule has 0 N–H and O–H groups in total. The van der Waals surface area contributed by atoms with E-state index < -0.39 is 0 Å². The van der Waals surface area contributed by atoms with Crippen LogP contribution in [0.15, 0.2) is 52.2 Å². The van der Waals surface area contributed by atoms with Crippen molar-refractivity contribution in [3.8, 4) is 5.69 Å². The molecule has 0 saturated carbocycles. The zero-order chi connectivity index (χ0) is 15.0. The normalized spacial score (nSPS) is 11.0. The van der Waals surface area contributed by atoms with Crippen LogP contribution in [0.5, 0.6) is 0 Å². The first-order valence-electron chi connectivity index (χ1n) is 6.75. The molecule has 0 fully saturated rings. The van der Waals surface area contributed by atoms with E-state index in [0.29, 0.717) is 11.2 Å². The molecule has 106 valence electrons. The quantitative estimate of drug-likeness (QED) is 0.676. The minimum Gasteiger partial charge on any atom is -0.268 e. The maximum Gasteiger partial charge on any atom is 0.265 e. The molecule has 1 heterocycles. The summed E-state index contributed by atoms with van der Waals surface area (Å²) in [7, 11) is 0. The van der Waals surface area contributed by atoms with Gasteiger partial charge in [-0.15, -0.1) is 11.8 Å². The lowest BCUT2D eigenvalue weighted by Gasteiger charge is -2.14. The molecule has 3 rings (SSSR count). The van der Waals surface area contributed by atoms with Gasteiger partial charge in [-0.3, -0.25) is 9.36 Å². The van der Waals surface area contributed by atoms with Crippen molar-refractivity contribution in [2.75, 3.05) is 6.26 Å². The van der Waals surface area contributed by atoms with Crippen molar-refractivity contribution in [2.45, 2.75) is 18.7 Å². The summed E-state index contributed by atoms with van der Waals surface area (Å²) in [5.74, 6) is 0.707. The third-order valence-corrected chi connectivity index (χ3v) is 4.31. The lowest BCUT2D eigenvalue weighted by atomic mass is 10.2. The molecule has 4 heteroatoms. The highest BCUT2D eigenvalue weighted by molar-refractivity contribution is 7.98. The molecule has 0 atom stereocenters. The van der Waals surface area contributed by atoms with Crippen LogP contribution in [0, 0.1) is 13.8 Å². The largest absolute Gasteiger partial charge is 0.268 e. The molecule has 0 spiro atoms. The van der Waals surface area contributed by atoms with E-state index >= 15 is 0 Å². The molecule has 21 heavy (non-hydrogen) atoms. The summed E-state index contributed by atoms with van der Waals surface area (Å²) in [6.07, 6.45) is 2.05. The number of thioether (sulfide) groups is 1. The number of benzene rings is 2. The van der Waals surface area contributed by atoms with Crippen molar-refractivity contribution in [3.63, 3.8) is 0 Å². The van der Waals surface area contributed by atoms with E-state index in [-0.39, 0.29) is 5.56 Å². The maximum absolute atomic E-state index is 12.8. The van der Waals surface area contributed by atoms with E-state index in [1.807, 2.05) is 56.5 Å². The molecule has 1 aromatic heterocycles. The fourth-order valence-electron chi connectivity index (χ4n) is 2.53. The van der Waals surface area contributed by atoms with Gasteiger partial charge in [0.1, 0.15) is 5.82 Å². The molecular formula is C17H16N2OS. The minimum atomic E-state index is -0.0156. The average molecular weight is 296 g/mol. The monoisotopic (exact) mass is 296 g/mol. The topological polar surface area (TPSA) is 34.9 Å². The van der Waals surface area contributed by atoms with Crippen molar-refractivity contribution in [3.05, 3.63) is 64.2 Å². The highest BCUT2D eigenvalue weighted by Gasteiger charge is 2.11. The van der Waals surface area contributed by atoms with Crippen molar-refractivity contribution < 1.29 is 0 Å². The van der Waals surface area contributed by atoms with Crippen molar-refractivity contribution in [1.82, 2.24) is 9.55 Å². The van der Waals surface area contributed by atoms with Crippen LogP contribution < -0.4 is 5.56 Å². The Morgan fingerprint density at radius 1 is 1.10 bits per heavy atom. The first-order valence-corrected chi connectivity index (χ1v) is 7.97. The van der Waals surface area contributed by atoms with Crippen molar-refractivity contribution in [2.24, 2.45) is 0 Å². The molecule has 0 saturated heterocycles. The summed E-state index contributed by atoms with van der Waals surface area (Å²) >= 11 is 1.69. The summed E-state index contributed by atoms with van der Waals surface area (Å²) in [6.45, 7) is 3.89. The number of rotatable bonds is 2. The van der Waals surface area contributed by atoms with Gasteiger partial charge in [-0.2, -0.15) is 0 Å². The van der Waals surface area contributed by atoms with Gasteiger partial charge < -0.3 is 0 Å². The van der Waals surface area contributed by atoms with E-state index in [4.69, 9.17) is 0 Å². The van der Waals surface area contributed by atoms with Crippen LogP contribution >= 0.6 is 11.8 Å². The third kappa shape index (κ3) is 2.36. The van der Waals surface area contributed by atoms with Gasteiger partial charge in [-0.05, 0) is 56.0 Å². The van der Waals surface area contributed by atoms with Crippen LogP contribution in [0.2, 0.25) is 0 Å². The lowest BCUT2D eigenvalue weighted by Crippen LogP contribution is -2.22. The predicted octanol–water partition coefficient (Wildman–Crippen LogP) is 3.72. The molecule has 0 aliphatic rings. The first kappa shape index (κ1) is 13.9. The Hall–Kier alpha value is -2.07. The summed E-state index contributed by atoms with van der Waals surface area (Å²) in [4.78, 5) is 18.5. The Balaban J connectivity index is 2.33. The van der Waals surface area contributed by atoms with E-state index in [9.17, 15) is 4.79 Å². The van der Waals surface area contributed by atoms with Gasteiger partial charge in [0, 0.05) is 4.90 Å². The van der Waals surface area contributed by atoms with Crippen LogP contribution in [-0.4, -0.2) is 15.8 Å². The molecule has 0 amide bonds. The van der Waals surface area contributed by atoms with Gasteiger partial charge in [-0.25, -0.2) is 4.98 Å². The van der Waals surface area contributed by atoms with E-state index in [2.05, 4.69) is 11.1 Å². The summed E-state index contributed by atoms with van der Waals surface area (Å²) in [6, 6.07) is 13.6. The van der Waals surface area contributed by atoms with Gasteiger partial charge in [0.2, 0.25) is 0 Å². The molecule has 3 aromatic rings. The highest BCUT2D eigenvalue weighted by atomic mass is 32.2. The smallest absolute Gasteiger partial charge is 0.265 e. The molecule has 0 aliphatic heterocycles. The zero-order valence-electron chi connectivity index (χ0n) is 12.3. The zero-order valence-corrected chi connectivity index (χ0v) is 13.1. The maximum atomic E-state index is 12.8. The molecule has 0 aliphatic carbocycles. The standard InChI is InChI=1S/C17H16N2OS/c1-11-10-13(21-3)8-9-16(11)19-12(2)18-15-7-5-4-6-14(15)17(19)20/h4-10H,1-3H3. The second-order valence-electron chi connectivity index (χ2n) is 4.97. The van der Waals surface area contributed by atoms with Gasteiger partial charge in [-0.1, -0.05) is 12.1 Å². The Bertz CT molecular complexity index is 884. The Labute approximate surface area is 127 Å². The van der Waals surface area contributed by atoms with Gasteiger partial charge in [0.15, 0.2) is 0 Å². The first-order chi connectivity index (χ1) is 10.1. The molecule has 3 nitrogen and oxygen atoms in total. The number of para-hydroxylation sites is 1. The van der Waals surface area contributed by atoms with Crippen molar-refractivity contribution in [1.29, 1.82) is 0 Å². The Morgan fingerprint density at radius 2 is 1.86 bits per heavy atom. The second kappa shape index (κ2) is 5.37. The predicted molar refractivity (Wildman–Crippen MR) is 88.6 cm³/mol. The number of aryl methyl sites for hydroxylation is 2. The highest BCUT2D eigenvalue weighted by Crippen LogP contribution is 2.22. The number of nitrogens with zero attached hydrogens (tertiary/aromatic N) is 2. The molecular weight excluding hydrogens is 280 g/mol. The fraction of sp³-hybridized carbons (Fsp3) is 0.176. The van der Waals surface area contributed by atoms with Crippen LogP contribution in [0.1, 0.15) is 11.4 Å². The van der Waals surface area contributed by atoms with E-state index in [0.717, 1.165) is 16.8 Å². The second-order valence-corrected chi connectivity index (χ2v) is 5.85.